The second kappa shape index (κ2) is 8.35. The molecule has 0 spiro atoms. The van der Waals surface area contributed by atoms with E-state index in [4.69, 9.17) is 4.84 Å². The summed E-state index contributed by atoms with van der Waals surface area (Å²) in [6, 6.07) is 20.0. The molecular weight excluding hydrogens is 375 g/mol. The van der Waals surface area contributed by atoms with E-state index < -0.39 is 0 Å². The maximum Gasteiger partial charge on any atom is 0.264 e. The van der Waals surface area contributed by atoms with Gasteiger partial charge < -0.3 is 9.74 Å². The third kappa shape index (κ3) is 4.12. The Hall–Kier alpha value is -2.99. The van der Waals surface area contributed by atoms with Gasteiger partial charge in [-0.2, -0.15) is 0 Å². The highest BCUT2D eigenvalue weighted by atomic mass is 32.1. The van der Waals surface area contributed by atoms with Crippen molar-refractivity contribution in [3.8, 4) is 0 Å². The van der Waals surface area contributed by atoms with Crippen molar-refractivity contribution in [3.05, 3.63) is 93.9 Å². The molecule has 1 aliphatic heterocycles. The van der Waals surface area contributed by atoms with Crippen LogP contribution in [0, 0.1) is 5.82 Å². The molecular formula is C22H19FN2O2S. The van der Waals surface area contributed by atoms with Gasteiger partial charge in [0.15, 0.2) is 6.10 Å². The molecule has 6 heteroatoms. The minimum atomic E-state index is -0.319. The number of nitrogens with zero attached hydrogens (tertiary/aromatic N) is 2. The van der Waals surface area contributed by atoms with E-state index in [-0.39, 0.29) is 24.4 Å². The average Bonchev–Trinajstić information content (AvgIpc) is 3.41. The first-order valence-corrected chi connectivity index (χ1v) is 9.93. The maximum atomic E-state index is 14.2. The third-order valence-corrected chi connectivity index (χ3v) is 5.46. The van der Waals surface area contributed by atoms with E-state index in [1.807, 2.05) is 41.8 Å². The highest BCUT2D eigenvalue weighted by Gasteiger charge is 2.28. The van der Waals surface area contributed by atoms with Crippen LogP contribution in [0.2, 0.25) is 0 Å². The topological polar surface area (TPSA) is 41.9 Å². The summed E-state index contributed by atoms with van der Waals surface area (Å²) in [5.74, 6) is -0.449. The van der Waals surface area contributed by atoms with Crippen molar-refractivity contribution >= 4 is 23.0 Å². The van der Waals surface area contributed by atoms with Gasteiger partial charge in [-0.1, -0.05) is 59.8 Å². The normalized spacial score (nSPS) is 15.8. The predicted octanol–water partition coefficient (Wildman–Crippen LogP) is 4.72. The van der Waals surface area contributed by atoms with Gasteiger partial charge in [-0.05, 0) is 23.1 Å². The van der Waals surface area contributed by atoms with E-state index in [0.29, 0.717) is 23.4 Å². The molecule has 28 heavy (non-hydrogen) atoms. The Kier molecular flexibility index (Phi) is 5.48. The van der Waals surface area contributed by atoms with E-state index in [1.165, 1.54) is 17.4 Å². The number of halogens is 1. The molecule has 0 aliphatic carbocycles. The fourth-order valence-corrected chi connectivity index (χ4v) is 3.87. The van der Waals surface area contributed by atoms with Gasteiger partial charge >= 0.3 is 0 Å². The van der Waals surface area contributed by atoms with Crippen LogP contribution < -0.4 is 0 Å². The lowest BCUT2D eigenvalue weighted by Gasteiger charge is -2.24. The Labute approximate surface area is 166 Å². The van der Waals surface area contributed by atoms with Crippen molar-refractivity contribution in [1.82, 2.24) is 4.90 Å². The summed E-state index contributed by atoms with van der Waals surface area (Å²) in [7, 11) is 0. The summed E-state index contributed by atoms with van der Waals surface area (Å²) < 4.78 is 14.2. The molecule has 0 N–H and O–H groups in total. The van der Waals surface area contributed by atoms with Gasteiger partial charge in [0.1, 0.15) is 5.82 Å². The van der Waals surface area contributed by atoms with E-state index in [2.05, 4.69) is 5.16 Å². The zero-order valence-corrected chi connectivity index (χ0v) is 15.9. The second-order valence-electron chi connectivity index (χ2n) is 6.59. The smallest absolute Gasteiger partial charge is 0.264 e. The fourth-order valence-electron chi connectivity index (χ4n) is 3.18. The molecule has 2 heterocycles. The summed E-state index contributed by atoms with van der Waals surface area (Å²) in [6.07, 6.45) is 0.348. The molecule has 0 bridgehead atoms. The van der Waals surface area contributed by atoms with Gasteiger partial charge in [-0.15, -0.1) is 11.3 Å². The molecule has 0 fully saturated rings. The molecule has 4 rings (SSSR count). The van der Waals surface area contributed by atoms with E-state index >= 15 is 0 Å². The van der Waals surface area contributed by atoms with Crippen molar-refractivity contribution in [3.63, 3.8) is 0 Å². The molecule has 1 aromatic heterocycles. The Morgan fingerprint density at radius 1 is 1.11 bits per heavy atom. The molecule has 0 saturated carbocycles. The number of carbonyl (C=O) groups is 1. The summed E-state index contributed by atoms with van der Waals surface area (Å²) in [5.41, 5.74) is 2.35. The molecule has 0 saturated heterocycles. The van der Waals surface area contributed by atoms with Gasteiger partial charge in [-0.25, -0.2) is 4.39 Å². The molecule has 2 aromatic carbocycles. The third-order valence-electron chi connectivity index (χ3n) is 4.60. The van der Waals surface area contributed by atoms with Gasteiger partial charge in [0.2, 0.25) is 0 Å². The van der Waals surface area contributed by atoms with Crippen LogP contribution in [0.3, 0.4) is 0 Å². The van der Waals surface area contributed by atoms with E-state index in [0.717, 1.165) is 11.3 Å². The van der Waals surface area contributed by atoms with Crippen molar-refractivity contribution in [2.75, 3.05) is 6.54 Å². The van der Waals surface area contributed by atoms with Crippen molar-refractivity contribution in [1.29, 1.82) is 0 Å². The summed E-state index contributed by atoms with van der Waals surface area (Å²) >= 11 is 1.38. The van der Waals surface area contributed by atoms with Gasteiger partial charge in [0.05, 0.1) is 17.1 Å². The zero-order valence-electron chi connectivity index (χ0n) is 15.1. The van der Waals surface area contributed by atoms with Crippen LogP contribution in [-0.4, -0.2) is 29.2 Å². The largest absolute Gasteiger partial charge is 0.390 e. The molecule has 1 atom stereocenters. The number of rotatable bonds is 6. The summed E-state index contributed by atoms with van der Waals surface area (Å²) in [5, 5.41) is 6.05. The number of amides is 1. The lowest BCUT2D eigenvalue weighted by Crippen LogP contribution is -2.37. The minimum Gasteiger partial charge on any atom is -0.390 e. The number of hydrogen-bond donors (Lipinski definition) is 0. The van der Waals surface area contributed by atoms with Crippen molar-refractivity contribution in [2.24, 2.45) is 5.16 Å². The van der Waals surface area contributed by atoms with Gasteiger partial charge in [-0.3, -0.25) is 4.79 Å². The number of carbonyl (C=O) groups excluding carboxylic acids is 1. The molecule has 4 nitrogen and oxygen atoms in total. The van der Waals surface area contributed by atoms with Crippen LogP contribution >= 0.6 is 11.3 Å². The molecule has 3 aromatic rings. The van der Waals surface area contributed by atoms with Gasteiger partial charge in [0, 0.05) is 18.5 Å². The Bertz CT molecular complexity index is 973. The van der Waals surface area contributed by atoms with Crippen LogP contribution in [0.1, 0.15) is 27.2 Å². The van der Waals surface area contributed by atoms with Crippen LogP contribution in [0.15, 0.2) is 77.3 Å². The molecule has 0 unspecified atom stereocenters. The van der Waals surface area contributed by atoms with Crippen LogP contribution in [0.5, 0.6) is 0 Å². The average molecular weight is 394 g/mol. The highest BCUT2D eigenvalue weighted by molar-refractivity contribution is 7.12. The van der Waals surface area contributed by atoms with Crippen molar-refractivity contribution in [2.45, 2.75) is 19.1 Å². The molecule has 0 radical (unpaired) electrons. The SMILES string of the molecule is O=C(c1cccs1)N(Cc1ccccc1F)C[C@@H]1CC(c2ccccc2)=NO1. The standard InChI is InChI=1S/C22H19FN2O2S/c23-19-10-5-4-9-17(19)14-25(22(26)21-11-6-12-28-21)15-18-13-20(24-27-18)16-7-2-1-3-8-16/h1-12,18H,13-15H2/t18-/m0/s1. The van der Waals surface area contributed by atoms with Crippen LogP contribution in [-0.2, 0) is 11.4 Å². The predicted molar refractivity (Wildman–Crippen MR) is 108 cm³/mol. The Morgan fingerprint density at radius 2 is 1.89 bits per heavy atom. The molecule has 1 aliphatic rings. The number of benzene rings is 2. The molecule has 142 valence electrons. The first-order valence-electron chi connectivity index (χ1n) is 9.05. The Morgan fingerprint density at radius 3 is 2.64 bits per heavy atom. The zero-order chi connectivity index (χ0) is 19.3. The minimum absolute atomic E-state index is 0.130. The van der Waals surface area contributed by atoms with Crippen molar-refractivity contribution < 1.29 is 14.0 Å². The lowest BCUT2D eigenvalue weighted by molar-refractivity contribution is 0.0406. The number of oxime groups is 1. The quantitative estimate of drug-likeness (QED) is 0.607. The lowest BCUT2D eigenvalue weighted by atomic mass is 10.0. The maximum absolute atomic E-state index is 14.2. The summed E-state index contributed by atoms with van der Waals surface area (Å²) in [6.45, 7) is 0.523. The fraction of sp³-hybridized carbons (Fsp3) is 0.182. The number of thiophene rings is 1. The summed E-state index contributed by atoms with van der Waals surface area (Å²) in [4.78, 5) is 20.8. The van der Waals surface area contributed by atoms with E-state index in [1.54, 1.807) is 29.2 Å². The van der Waals surface area contributed by atoms with E-state index in [9.17, 15) is 9.18 Å². The van der Waals surface area contributed by atoms with Crippen LogP contribution in [0.4, 0.5) is 4.39 Å². The monoisotopic (exact) mass is 394 g/mol. The Balaban J connectivity index is 1.50. The van der Waals surface area contributed by atoms with Crippen LogP contribution in [0.25, 0.3) is 0 Å². The molecule has 1 amide bonds. The number of hydrogen-bond acceptors (Lipinski definition) is 4. The second-order valence-corrected chi connectivity index (χ2v) is 7.54. The van der Waals surface area contributed by atoms with Gasteiger partial charge in [0.25, 0.3) is 5.91 Å². The first kappa shape index (κ1) is 18.4. The highest BCUT2D eigenvalue weighted by Crippen LogP contribution is 2.21. The first-order chi connectivity index (χ1) is 13.7.